The highest BCUT2D eigenvalue weighted by Gasteiger charge is 2.41. The number of carbonyl (C=O) groups excluding carboxylic acids is 1. The molecule has 0 spiro atoms. The monoisotopic (exact) mass is 348 g/mol. The van der Waals surface area contributed by atoms with E-state index in [-0.39, 0.29) is 24.9 Å². The number of nitrogens with zero attached hydrogens (tertiary/aromatic N) is 4. The quantitative estimate of drug-likeness (QED) is 0.919. The molecular formula is C17H21ClN4O2. The van der Waals surface area contributed by atoms with Gasteiger partial charge < -0.3 is 10.0 Å². The van der Waals surface area contributed by atoms with Gasteiger partial charge in [0.05, 0.1) is 19.2 Å². The van der Waals surface area contributed by atoms with Crippen LogP contribution in [-0.4, -0.2) is 44.0 Å². The van der Waals surface area contributed by atoms with Crippen LogP contribution in [0.1, 0.15) is 37.6 Å². The molecule has 3 rings (SSSR count). The van der Waals surface area contributed by atoms with E-state index in [1.165, 1.54) is 0 Å². The van der Waals surface area contributed by atoms with Crippen molar-refractivity contribution in [1.82, 2.24) is 19.9 Å². The van der Waals surface area contributed by atoms with Gasteiger partial charge in [-0.2, -0.15) is 0 Å². The smallest absolute Gasteiger partial charge is 0.227 e. The molecule has 0 unspecified atom stereocenters. The van der Waals surface area contributed by atoms with Crippen LogP contribution in [0.3, 0.4) is 0 Å². The molecule has 7 heteroatoms. The van der Waals surface area contributed by atoms with Gasteiger partial charge in [-0.25, -0.2) is 4.68 Å². The molecule has 0 aliphatic carbocycles. The molecule has 1 saturated heterocycles. The molecule has 1 fully saturated rings. The lowest BCUT2D eigenvalue weighted by atomic mass is 10.00. The Morgan fingerprint density at radius 1 is 1.46 bits per heavy atom. The van der Waals surface area contributed by atoms with E-state index in [1.807, 2.05) is 26.0 Å². The molecule has 1 amide bonds. The molecule has 2 heterocycles. The molecule has 1 aromatic carbocycles. The van der Waals surface area contributed by atoms with Gasteiger partial charge in [0.15, 0.2) is 0 Å². The van der Waals surface area contributed by atoms with Crippen LogP contribution in [-0.2, 0) is 16.8 Å². The maximum Gasteiger partial charge on any atom is 0.227 e. The van der Waals surface area contributed by atoms with Gasteiger partial charge in [0.2, 0.25) is 5.91 Å². The van der Waals surface area contributed by atoms with Crippen LogP contribution >= 0.6 is 11.6 Å². The van der Waals surface area contributed by atoms with E-state index in [9.17, 15) is 9.90 Å². The van der Waals surface area contributed by atoms with Gasteiger partial charge in [-0.3, -0.25) is 4.79 Å². The first-order chi connectivity index (χ1) is 11.4. The zero-order valence-electron chi connectivity index (χ0n) is 13.8. The highest BCUT2D eigenvalue weighted by Crippen LogP contribution is 2.31. The number of amides is 1. The summed E-state index contributed by atoms with van der Waals surface area (Å²) in [5.41, 5.74) is 0.264. The number of aromatic nitrogens is 3. The molecule has 1 aliphatic rings. The molecule has 0 radical (unpaired) electrons. The maximum absolute atomic E-state index is 12.5. The number of halogens is 1. The third-order valence-corrected chi connectivity index (χ3v) is 4.60. The number of hydrogen-bond acceptors (Lipinski definition) is 4. The van der Waals surface area contributed by atoms with Crippen LogP contribution in [0.25, 0.3) is 0 Å². The van der Waals surface area contributed by atoms with Crippen LogP contribution in [0.15, 0.2) is 30.5 Å². The van der Waals surface area contributed by atoms with Gasteiger partial charge in [-0.15, -0.1) is 5.10 Å². The van der Waals surface area contributed by atoms with E-state index in [0.717, 1.165) is 5.56 Å². The van der Waals surface area contributed by atoms with Crippen molar-refractivity contribution in [3.63, 3.8) is 0 Å². The second-order valence-electron chi connectivity index (χ2n) is 6.58. The lowest BCUT2D eigenvalue weighted by Crippen LogP contribution is -2.35. The molecule has 128 valence electrons. The number of carbonyl (C=O) groups is 1. The first-order valence-corrected chi connectivity index (χ1v) is 8.42. The van der Waals surface area contributed by atoms with Crippen LogP contribution in [0.5, 0.6) is 0 Å². The van der Waals surface area contributed by atoms with Gasteiger partial charge >= 0.3 is 0 Å². The van der Waals surface area contributed by atoms with Crippen molar-refractivity contribution in [2.24, 2.45) is 0 Å². The molecule has 1 N–H and O–H groups in total. The van der Waals surface area contributed by atoms with Crippen molar-refractivity contribution in [2.45, 2.75) is 38.3 Å². The number of rotatable bonds is 4. The number of hydrogen-bond donors (Lipinski definition) is 1. The summed E-state index contributed by atoms with van der Waals surface area (Å²) in [4.78, 5) is 14.2. The summed E-state index contributed by atoms with van der Waals surface area (Å²) >= 11 is 5.96. The van der Waals surface area contributed by atoms with E-state index in [1.54, 1.807) is 27.9 Å². The van der Waals surface area contributed by atoms with Gasteiger partial charge in [-0.1, -0.05) is 28.9 Å². The first-order valence-electron chi connectivity index (χ1n) is 8.04. The molecular weight excluding hydrogens is 328 g/mol. The first kappa shape index (κ1) is 16.9. The second kappa shape index (κ2) is 6.53. The van der Waals surface area contributed by atoms with Crippen molar-refractivity contribution in [3.8, 4) is 0 Å². The Labute approximate surface area is 146 Å². The Morgan fingerprint density at radius 2 is 2.25 bits per heavy atom. The minimum Gasteiger partial charge on any atom is -0.381 e. The minimum atomic E-state index is -1.13. The van der Waals surface area contributed by atoms with Crippen molar-refractivity contribution in [1.29, 1.82) is 0 Å². The number of aliphatic hydroxyl groups is 1. The predicted molar refractivity (Wildman–Crippen MR) is 90.7 cm³/mol. The van der Waals surface area contributed by atoms with Crippen molar-refractivity contribution >= 4 is 17.5 Å². The predicted octanol–water partition coefficient (Wildman–Crippen LogP) is 2.17. The minimum absolute atomic E-state index is 0.0237. The van der Waals surface area contributed by atoms with Crippen molar-refractivity contribution in [3.05, 3.63) is 46.7 Å². The number of benzene rings is 1. The standard InChI is InChI=1S/C17H21ClN4O2/c1-12(2)22-10-15(19-20-22)17(24)6-7-21(11-17)16(23)9-13-4-3-5-14(18)8-13/h3-5,8,10,12,24H,6-7,9,11H2,1-2H3/t17-/m1/s1. The topological polar surface area (TPSA) is 71.2 Å². The lowest BCUT2D eigenvalue weighted by molar-refractivity contribution is -0.130. The Balaban J connectivity index is 1.68. The summed E-state index contributed by atoms with van der Waals surface area (Å²) in [6.07, 6.45) is 2.50. The van der Waals surface area contributed by atoms with Crippen LogP contribution < -0.4 is 0 Å². The third kappa shape index (κ3) is 3.44. The van der Waals surface area contributed by atoms with Crippen molar-refractivity contribution < 1.29 is 9.90 Å². The highest BCUT2D eigenvalue weighted by molar-refractivity contribution is 6.30. The third-order valence-electron chi connectivity index (χ3n) is 4.36. The van der Waals surface area contributed by atoms with Gasteiger partial charge in [0, 0.05) is 24.0 Å². The zero-order chi connectivity index (χ0) is 17.3. The Hall–Kier alpha value is -1.92. The fourth-order valence-electron chi connectivity index (χ4n) is 2.89. The Bertz CT molecular complexity index is 746. The summed E-state index contributed by atoms with van der Waals surface area (Å²) in [7, 11) is 0. The van der Waals surface area contributed by atoms with Gasteiger partial charge in [0.25, 0.3) is 0 Å². The SMILES string of the molecule is CC(C)n1cc([C@@]2(O)CCN(C(=O)Cc3cccc(Cl)c3)C2)nn1. The Kier molecular flexibility index (Phi) is 4.60. The van der Waals surface area contributed by atoms with Gasteiger partial charge in [0.1, 0.15) is 11.3 Å². The molecule has 0 saturated carbocycles. The van der Waals surface area contributed by atoms with E-state index in [4.69, 9.17) is 11.6 Å². The lowest BCUT2D eigenvalue weighted by Gasteiger charge is -2.21. The molecule has 1 aromatic heterocycles. The summed E-state index contributed by atoms with van der Waals surface area (Å²) < 4.78 is 1.71. The average Bonchev–Trinajstić information content (AvgIpc) is 3.15. The largest absolute Gasteiger partial charge is 0.381 e. The zero-order valence-corrected chi connectivity index (χ0v) is 14.6. The fourth-order valence-corrected chi connectivity index (χ4v) is 3.10. The van der Waals surface area contributed by atoms with Gasteiger partial charge in [-0.05, 0) is 31.5 Å². The van der Waals surface area contributed by atoms with E-state index in [2.05, 4.69) is 10.3 Å². The number of β-amino-alcohol motifs (C(OH)–C–C–N with tert-alkyl or cyclic N) is 1. The summed E-state index contributed by atoms with van der Waals surface area (Å²) in [5, 5.41) is 19.6. The average molecular weight is 349 g/mol. The molecule has 2 aromatic rings. The molecule has 1 atom stereocenters. The molecule has 6 nitrogen and oxygen atoms in total. The number of likely N-dealkylation sites (tertiary alicyclic amines) is 1. The second-order valence-corrected chi connectivity index (χ2v) is 7.02. The summed E-state index contributed by atoms with van der Waals surface area (Å²) in [6, 6.07) is 7.45. The molecule has 0 bridgehead atoms. The van der Waals surface area contributed by atoms with Crippen molar-refractivity contribution in [2.75, 3.05) is 13.1 Å². The summed E-state index contributed by atoms with van der Waals surface area (Å²) in [5.74, 6) is -0.0237. The summed E-state index contributed by atoms with van der Waals surface area (Å²) in [6.45, 7) is 4.74. The van der Waals surface area contributed by atoms with Crippen LogP contribution in [0.2, 0.25) is 5.02 Å². The van der Waals surface area contributed by atoms with E-state index in [0.29, 0.717) is 23.7 Å². The van der Waals surface area contributed by atoms with Crippen LogP contribution in [0.4, 0.5) is 0 Å². The fraction of sp³-hybridized carbons (Fsp3) is 0.471. The highest BCUT2D eigenvalue weighted by atomic mass is 35.5. The molecule has 24 heavy (non-hydrogen) atoms. The van der Waals surface area contributed by atoms with E-state index >= 15 is 0 Å². The van der Waals surface area contributed by atoms with E-state index < -0.39 is 5.60 Å². The normalized spacial score (nSPS) is 20.8. The molecule has 1 aliphatic heterocycles. The maximum atomic E-state index is 12.5. The van der Waals surface area contributed by atoms with Crippen LogP contribution in [0, 0.1) is 0 Å². The Morgan fingerprint density at radius 3 is 2.92 bits per heavy atom.